The second-order valence-electron chi connectivity index (χ2n) is 6.84. The van der Waals surface area contributed by atoms with E-state index in [-0.39, 0.29) is 11.8 Å². The highest BCUT2D eigenvalue weighted by Gasteiger charge is 2.51. The molecule has 6 nitrogen and oxygen atoms in total. The van der Waals surface area contributed by atoms with Gasteiger partial charge in [-0.2, -0.15) is 0 Å². The summed E-state index contributed by atoms with van der Waals surface area (Å²) in [4.78, 5) is 30.4. The van der Waals surface area contributed by atoms with Crippen molar-refractivity contribution in [3.63, 3.8) is 0 Å². The number of rotatable bonds is 2. The lowest BCUT2D eigenvalue weighted by Gasteiger charge is -2.25. The van der Waals surface area contributed by atoms with Crippen molar-refractivity contribution < 1.29 is 4.79 Å². The standard InChI is InChI=1S/C18H19N5O/c1-11-20-7-13(8-21-11)12-4-5-14-15(6-12)23(16-9-19-10-22-16)17(24)18(14,2)3/h4,6-10,14H,5H2,1-3H3,(H,19,22). The molecule has 4 rings (SSSR count). The topological polar surface area (TPSA) is 74.8 Å². The summed E-state index contributed by atoms with van der Waals surface area (Å²) in [6, 6.07) is 0. The number of carbonyl (C=O) groups excluding carboxylic acids is 1. The summed E-state index contributed by atoms with van der Waals surface area (Å²) in [5.41, 5.74) is 2.58. The molecule has 0 aromatic carbocycles. The van der Waals surface area contributed by atoms with E-state index in [2.05, 4.69) is 32.1 Å². The third-order valence-corrected chi connectivity index (χ3v) is 4.96. The molecule has 2 aromatic heterocycles. The Hall–Kier alpha value is -2.76. The number of H-pyrrole nitrogens is 1. The lowest BCUT2D eigenvalue weighted by Crippen LogP contribution is -2.31. The molecule has 0 bridgehead atoms. The van der Waals surface area contributed by atoms with Crippen LogP contribution in [0.3, 0.4) is 0 Å². The van der Waals surface area contributed by atoms with Crippen LogP contribution < -0.4 is 4.90 Å². The molecule has 24 heavy (non-hydrogen) atoms. The van der Waals surface area contributed by atoms with E-state index in [0.29, 0.717) is 5.82 Å². The number of anilines is 1. The molecule has 3 heterocycles. The summed E-state index contributed by atoms with van der Waals surface area (Å²) in [6.45, 7) is 5.89. The molecule has 2 aromatic rings. The van der Waals surface area contributed by atoms with E-state index in [9.17, 15) is 4.79 Å². The first-order valence-electron chi connectivity index (χ1n) is 8.02. The van der Waals surface area contributed by atoms with Crippen LogP contribution in [0.2, 0.25) is 0 Å². The average Bonchev–Trinajstić information content (AvgIpc) is 3.15. The molecule has 0 saturated carbocycles. The van der Waals surface area contributed by atoms with Crippen molar-refractivity contribution >= 4 is 17.3 Å². The Morgan fingerprint density at radius 3 is 2.67 bits per heavy atom. The fraction of sp³-hybridized carbons (Fsp3) is 0.333. The first-order valence-corrected chi connectivity index (χ1v) is 8.02. The van der Waals surface area contributed by atoms with Crippen LogP contribution in [-0.2, 0) is 4.79 Å². The zero-order valence-electron chi connectivity index (χ0n) is 13.9. The molecule has 6 heteroatoms. The van der Waals surface area contributed by atoms with Crippen molar-refractivity contribution in [2.75, 3.05) is 4.90 Å². The Morgan fingerprint density at radius 2 is 2.00 bits per heavy atom. The van der Waals surface area contributed by atoms with Crippen molar-refractivity contribution in [1.29, 1.82) is 0 Å². The van der Waals surface area contributed by atoms with Crippen molar-refractivity contribution in [2.45, 2.75) is 27.2 Å². The molecule has 1 saturated heterocycles. The first-order chi connectivity index (χ1) is 11.5. The van der Waals surface area contributed by atoms with Gasteiger partial charge in [-0.15, -0.1) is 0 Å². The van der Waals surface area contributed by atoms with Crippen LogP contribution in [0.15, 0.2) is 42.8 Å². The fourth-order valence-corrected chi connectivity index (χ4v) is 3.49. The molecule has 0 radical (unpaired) electrons. The first kappa shape index (κ1) is 14.8. The van der Waals surface area contributed by atoms with Crippen LogP contribution in [0.25, 0.3) is 5.57 Å². The number of carbonyl (C=O) groups is 1. The SMILES string of the molecule is Cc1ncc(C2=CCC3C(=C2)N(c2cnc[nH]2)C(=O)C3(C)C)cn1. The highest BCUT2D eigenvalue weighted by molar-refractivity contribution is 6.04. The zero-order valence-corrected chi connectivity index (χ0v) is 13.9. The Balaban J connectivity index is 1.79. The van der Waals surface area contributed by atoms with Gasteiger partial charge < -0.3 is 4.98 Å². The number of hydrogen-bond donors (Lipinski definition) is 1. The van der Waals surface area contributed by atoms with E-state index in [4.69, 9.17) is 0 Å². The molecule has 1 aliphatic heterocycles. The van der Waals surface area contributed by atoms with Crippen molar-refractivity contribution in [1.82, 2.24) is 19.9 Å². The van der Waals surface area contributed by atoms with Crippen LogP contribution in [-0.4, -0.2) is 25.8 Å². The van der Waals surface area contributed by atoms with Crippen LogP contribution >= 0.6 is 0 Å². The summed E-state index contributed by atoms with van der Waals surface area (Å²) in [7, 11) is 0. The Labute approximate surface area is 140 Å². The van der Waals surface area contributed by atoms with Gasteiger partial charge in [-0.3, -0.25) is 9.69 Å². The highest BCUT2D eigenvalue weighted by atomic mass is 16.2. The number of allylic oxidation sites excluding steroid dienone is 4. The minimum absolute atomic E-state index is 0.0952. The molecule has 2 aliphatic rings. The lowest BCUT2D eigenvalue weighted by atomic mass is 9.75. The van der Waals surface area contributed by atoms with Crippen LogP contribution in [0.4, 0.5) is 5.82 Å². The predicted molar refractivity (Wildman–Crippen MR) is 90.8 cm³/mol. The Bertz CT molecular complexity index is 846. The fourth-order valence-electron chi connectivity index (χ4n) is 3.49. The smallest absolute Gasteiger partial charge is 0.238 e. The molecule has 0 spiro atoms. The molecule has 1 amide bonds. The van der Waals surface area contributed by atoms with Crippen molar-refractivity contribution in [3.05, 3.63) is 54.2 Å². The quantitative estimate of drug-likeness (QED) is 0.923. The van der Waals surface area contributed by atoms with Gasteiger partial charge in [0.15, 0.2) is 0 Å². The van der Waals surface area contributed by atoms with Gasteiger partial charge in [0.2, 0.25) is 5.91 Å². The number of aryl methyl sites for hydroxylation is 1. The van der Waals surface area contributed by atoms with Crippen LogP contribution in [0.5, 0.6) is 0 Å². The zero-order chi connectivity index (χ0) is 16.9. The van der Waals surface area contributed by atoms with Crippen molar-refractivity contribution in [3.8, 4) is 0 Å². The third-order valence-electron chi connectivity index (χ3n) is 4.96. The van der Waals surface area contributed by atoms with E-state index < -0.39 is 5.41 Å². The van der Waals surface area contributed by atoms with E-state index in [0.717, 1.165) is 29.1 Å². The van der Waals surface area contributed by atoms with E-state index in [1.54, 1.807) is 17.4 Å². The number of hydrogen-bond acceptors (Lipinski definition) is 4. The Kier molecular flexibility index (Phi) is 3.16. The van der Waals surface area contributed by atoms with Gasteiger partial charge in [-0.25, -0.2) is 15.0 Å². The molecule has 1 unspecified atom stereocenters. The summed E-state index contributed by atoms with van der Waals surface area (Å²) in [6.07, 6.45) is 12.0. The monoisotopic (exact) mass is 321 g/mol. The number of nitrogens with one attached hydrogen (secondary N) is 1. The second kappa shape index (κ2) is 5.12. The maximum atomic E-state index is 13.0. The van der Waals surface area contributed by atoms with Gasteiger partial charge in [0, 0.05) is 29.6 Å². The maximum Gasteiger partial charge on any atom is 0.238 e. The Morgan fingerprint density at radius 1 is 1.25 bits per heavy atom. The number of fused-ring (bicyclic) bond motifs is 1. The lowest BCUT2D eigenvalue weighted by molar-refractivity contribution is -0.125. The van der Waals surface area contributed by atoms with Gasteiger partial charge in [0.25, 0.3) is 0 Å². The molecular weight excluding hydrogens is 302 g/mol. The van der Waals surface area contributed by atoms with Crippen molar-refractivity contribution in [2.24, 2.45) is 11.3 Å². The predicted octanol–water partition coefficient (Wildman–Crippen LogP) is 2.87. The molecule has 1 atom stereocenters. The number of aromatic amines is 1. The van der Waals surface area contributed by atoms with Crippen LogP contribution in [0.1, 0.15) is 31.7 Å². The van der Waals surface area contributed by atoms with Gasteiger partial charge >= 0.3 is 0 Å². The van der Waals surface area contributed by atoms with E-state index in [1.165, 1.54) is 0 Å². The van der Waals surface area contributed by atoms with E-state index >= 15 is 0 Å². The minimum Gasteiger partial charge on any atom is -0.331 e. The van der Waals surface area contributed by atoms with Gasteiger partial charge in [0.05, 0.1) is 17.9 Å². The summed E-state index contributed by atoms with van der Waals surface area (Å²) in [5, 5.41) is 0. The van der Waals surface area contributed by atoms with Gasteiger partial charge in [-0.1, -0.05) is 19.9 Å². The summed E-state index contributed by atoms with van der Waals surface area (Å²) < 4.78 is 0. The number of amides is 1. The van der Waals surface area contributed by atoms with Crippen LogP contribution in [0, 0.1) is 18.3 Å². The minimum atomic E-state index is -0.442. The highest BCUT2D eigenvalue weighted by Crippen LogP contribution is 2.49. The summed E-state index contributed by atoms with van der Waals surface area (Å²) in [5.74, 6) is 1.71. The summed E-state index contributed by atoms with van der Waals surface area (Å²) >= 11 is 0. The second-order valence-corrected chi connectivity index (χ2v) is 6.84. The molecule has 1 aliphatic carbocycles. The van der Waals surface area contributed by atoms with Gasteiger partial charge in [-0.05, 0) is 25.0 Å². The van der Waals surface area contributed by atoms with E-state index in [1.807, 2.05) is 33.2 Å². The van der Waals surface area contributed by atoms with Gasteiger partial charge in [0.1, 0.15) is 11.6 Å². The molecule has 1 N–H and O–H groups in total. The number of aromatic nitrogens is 4. The molecule has 1 fully saturated rings. The average molecular weight is 321 g/mol. The molecule has 122 valence electrons. The molecular formula is C18H19N5O. The number of imidazole rings is 1. The maximum absolute atomic E-state index is 13.0. The normalized spacial score (nSPS) is 22.2. The third kappa shape index (κ3) is 2.10. The largest absolute Gasteiger partial charge is 0.331 e. The number of nitrogens with zero attached hydrogens (tertiary/aromatic N) is 4.